The number of esters is 1. The highest BCUT2D eigenvalue weighted by molar-refractivity contribution is 5.83. The number of urea groups is 1. The summed E-state index contributed by atoms with van der Waals surface area (Å²) < 4.78 is 4.52. The quantitative estimate of drug-likeness (QED) is 0.551. The van der Waals surface area contributed by atoms with E-state index < -0.39 is 36.0 Å². The fourth-order valence-corrected chi connectivity index (χ4v) is 1.40. The predicted octanol–water partition coefficient (Wildman–Crippen LogP) is -0.729. The van der Waals surface area contributed by atoms with Crippen LogP contribution in [0.4, 0.5) is 4.79 Å². The lowest BCUT2D eigenvalue weighted by Crippen LogP contribution is -2.52. The average Bonchev–Trinajstić information content (AvgIpc) is 2.33. The molecule has 0 heterocycles. The van der Waals surface area contributed by atoms with Crippen LogP contribution in [0, 0.1) is 5.92 Å². The first-order chi connectivity index (χ1) is 8.70. The van der Waals surface area contributed by atoms with Crippen molar-refractivity contribution < 1.29 is 29.3 Å². The molecule has 8 heteroatoms. The summed E-state index contributed by atoms with van der Waals surface area (Å²) >= 11 is 0. The van der Waals surface area contributed by atoms with Crippen LogP contribution in [-0.4, -0.2) is 65.9 Å². The lowest BCUT2D eigenvalue weighted by atomic mass is 10.1. The van der Waals surface area contributed by atoms with Crippen LogP contribution < -0.4 is 5.32 Å². The second-order valence-electron chi connectivity index (χ2n) is 4.31. The van der Waals surface area contributed by atoms with E-state index >= 15 is 0 Å². The molecular formula is C11H20N2O6. The lowest BCUT2D eigenvalue weighted by molar-refractivity contribution is -0.145. The van der Waals surface area contributed by atoms with Gasteiger partial charge in [-0.2, -0.15) is 0 Å². The number of carboxylic acids is 1. The smallest absolute Gasteiger partial charge is 0.328 e. The Morgan fingerprint density at radius 2 is 1.84 bits per heavy atom. The van der Waals surface area contributed by atoms with Gasteiger partial charge in [0.15, 0.2) is 6.04 Å². The second kappa shape index (κ2) is 7.57. The van der Waals surface area contributed by atoms with Crippen LogP contribution in [-0.2, 0) is 14.3 Å². The van der Waals surface area contributed by atoms with Gasteiger partial charge in [-0.25, -0.2) is 9.59 Å². The fourth-order valence-electron chi connectivity index (χ4n) is 1.40. The van der Waals surface area contributed by atoms with Gasteiger partial charge in [0.25, 0.3) is 0 Å². The maximum Gasteiger partial charge on any atom is 0.328 e. The van der Waals surface area contributed by atoms with Crippen molar-refractivity contribution >= 4 is 18.0 Å². The third-order valence-electron chi connectivity index (χ3n) is 2.53. The van der Waals surface area contributed by atoms with E-state index in [1.54, 1.807) is 6.92 Å². The number of nitrogens with one attached hydrogen (secondary N) is 1. The number of methoxy groups -OCH3 is 1. The highest BCUT2D eigenvalue weighted by Crippen LogP contribution is 2.02. The van der Waals surface area contributed by atoms with Crippen LogP contribution in [0.5, 0.6) is 0 Å². The van der Waals surface area contributed by atoms with Crippen molar-refractivity contribution in [3.05, 3.63) is 0 Å². The Hall–Kier alpha value is -1.83. The van der Waals surface area contributed by atoms with Crippen LogP contribution in [0.3, 0.4) is 0 Å². The van der Waals surface area contributed by atoms with Crippen molar-refractivity contribution in [1.29, 1.82) is 0 Å². The third kappa shape index (κ3) is 5.56. The van der Waals surface area contributed by atoms with E-state index in [-0.39, 0.29) is 6.54 Å². The Bertz CT molecular complexity index is 344. The van der Waals surface area contributed by atoms with Gasteiger partial charge in [-0.15, -0.1) is 0 Å². The predicted molar refractivity (Wildman–Crippen MR) is 65.4 cm³/mol. The number of hydrogen-bond acceptors (Lipinski definition) is 5. The molecule has 19 heavy (non-hydrogen) atoms. The molecule has 3 unspecified atom stereocenters. The van der Waals surface area contributed by atoms with E-state index in [0.717, 1.165) is 4.90 Å². The van der Waals surface area contributed by atoms with Gasteiger partial charge in [-0.1, -0.05) is 6.92 Å². The normalized spacial score (nSPS) is 15.0. The first kappa shape index (κ1) is 17.2. The van der Waals surface area contributed by atoms with Crippen molar-refractivity contribution in [1.82, 2.24) is 10.2 Å². The van der Waals surface area contributed by atoms with E-state index in [1.165, 1.54) is 21.1 Å². The van der Waals surface area contributed by atoms with Crippen LogP contribution in [0.25, 0.3) is 0 Å². The lowest BCUT2D eigenvalue weighted by Gasteiger charge is -2.24. The third-order valence-corrected chi connectivity index (χ3v) is 2.53. The summed E-state index contributed by atoms with van der Waals surface area (Å²) in [6.45, 7) is 2.92. The molecule has 0 spiro atoms. The first-order valence-corrected chi connectivity index (χ1v) is 5.71. The van der Waals surface area contributed by atoms with E-state index in [2.05, 4.69) is 10.1 Å². The Morgan fingerprint density at radius 3 is 2.21 bits per heavy atom. The molecule has 0 aliphatic carbocycles. The van der Waals surface area contributed by atoms with Crippen LogP contribution in [0.15, 0.2) is 0 Å². The molecule has 3 atom stereocenters. The van der Waals surface area contributed by atoms with Gasteiger partial charge < -0.3 is 25.2 Å². The highest BCUT2D eigenvalue weighted by atomic mass is 16.5. The minimum absolute atomic E-state index is 0.0741. The molecule has 0 saturated carbocycles. The zero-order valence-corrected chi connectivity index (χ0v) is 11.4. The molecule has 8 nitrogen and oxygen atoms in total. The molecule has 0 rings (SSSR count). The fraction of sp³-hybridized carbons (Fsp3) is 0.727. The topological polar surface area (TPSA) is 116 Å². The summed E-state index contributed by atoms with van der Waals surface area (Å²) in [5.74, 6) is -2.33. The second-order valence-corrected chi connectivity index (χ2v) is 4.31. The zero-order chi connectivity index (χ0) is 15.2. The van der Waals surface area contributed by atoms with Gasteiger partial charge in [0, 0.05) is 13.6 Å². The number of aliphatic carboxylic acids is 1. The highest BCUT2D eigenvalue weighted by Gasteiger charge is 2.27. The molecule has 0 aromatic rings. The number of nitrogens with zero attached hydrogens (tertiary/aromatic N) is 1. The molecule has 0 aromatic heterocycles. The molecule has 0 aromatic carbocycles. The maximum atomic E-state index is 11.7. The number of carbonyl (C=O) groups excluding carboxylic acids is 2. The standard InChI is InChI=1S/C11H20N2O6/c1-6(10(17)19-4)5-13(3)11(18)12-8(7(2)14)9(15)16/h6-8,14H,5H2,1-4H3,(H,12,18)(H,15,16). The molecular weight excluding hydrogens is 256 g/mol. The van der Waals surface area contributed by atoms with Crippen LogP contribution in [0.2, 0.25) is 0 Å². The molecule has 2 amide bonds. The van der Waals surface area contributed by atoms with Crippen molar-refractivity contribution in [2.75, 3.05) is 20.7 Å². The van der Waals surface area contributed by atoms with E-state index in [0.29, 0.717) is 0 Å². The molecule has 0 fully saturated rings. The van der Waals surface area contributed by atoms with E-state index in [9.17, 15) is 19.5 Å². The molecule has 3 N–H and O–H groups in total. The molecule has 0 saturated heterocycles. The number of carboxylic acid groups (broad SMARTS) is 1. The molecule has 0 bridgehead atoms. The number of amides is 2. The number of hydrogen-bond donors (Lipinski definition) is 3. The number of rotatable bonds is 6. The number of aliphatic hydroxyl groups is 1. The first-order valence-electron chi connectivity index (χ1n) is 5.71. The van der Waals surface area contributed by atoms with E-state index in [4.69, 9.17) is 5.11 Å². The van der Waals surface area contributed by atoms with Crippen molar-refractivity contribution in [2.24, 2.45) is 5.92 Å². The molecule has 0 aliphatic heterocycles. The minimum Gasteiger partial charge on any atom is -0.480 e. The summed E-state index contributed by atoms with van der Waals surface area (Å²) in [5.41, 5.74) is 0. The van der Waals surface area contributed by atoms with Crippen molar-refractivity contribution in [2.45, 2.75) is 26.0 Å². The van der Waals surface area contributed by atoms with Gasteiger partial charge in [0.05, 0.1) is 19.1 Å². The van der Waals surface area contributed by atoms with Crippen molar-refractivity contribution in [3.8, 4) is 0 Å². The Morgan fingerprint density at radius 1 is 1.32 bits per heavy atom. The average molecular weight is 276 g/mol. The van der Waals surface area contributed by atoms with Gasteiger partial charge in [0.1, 0.15) is 0 Å². The number of aliphatic hydroxyl groups excluding tert-OH is 1. The number of carbonyl (C=O) groups is 3. The molecule has 110 valence electrons. The monoisotopic (exact) mass is 276 g/mol. The molecule has 0 aliphatic rings. The summed E-state index contributed by atoms with van der Waals surface area (Å²) in [6, 6.07) is -2.09. The van der Waals surface area contributed by atoms with Crippen molar-refractivity contribution in [3.63, 3.8) is 0 Å². The summed E-state index contributed by atoms with van der Waals surface area (Å²) in [7, 11) is 2.66. The SMILES string of the molecule is COC(=O)C(C)CN(C)C(=O)NC(C(=O)O)C(C)O. The Balaban J connectivity index is 4.49. The van der Waals surface area contributed by atoms with Crippen LogP contribution >= 0.6 is 0 Å². The van der Waals surface area contributed by atoms with Gasteiger partial charge in [0.2, 0.25) is 0 Å². The molecule has 0 radical (unpaired) electrons. The maximum absolute atomic E-state index is 11.7. The van der Waals surface area contributed by atoms with Gasteiger partial charge in [-0.3, -0.25) is 4.79 Å². The minimum atomic E-state index is -1.40. The van der Waals surface area contributed by atoms with Gasteiger partial charge >= 0.3 is 18.0 Å². The summed E-state index contributed by atoms with van der Waals surface area (Å²) in [5, 5.41) is 20.2. The van der Waals surface area contributed by atoms with Crippen LogP contribution in [0.1, 0.15) is 13.8 Å². The zero-order valence-electron chi connectivity index (χ0n) is 11.4. The Kier molecular flexibility index (Phi) is 6.84. The number of ether oxygens (including phenoxy) is 1. The summed E-state index contributed by atoms with van der Waals surface area (Å²) in [4.78, 5) is 34.9. The van der Waals surface area contributed by atoms with E-state index in [1.807, 2.05) is 0 Å². The largest absolute Gasteiger partial charge is 0.480 e. The Labute approximate surface area is 111 Å². The summed E-state index contributed by atoms with van der Waals surface area (Å²) in [6.07, 6.45) is -1.23. The van der Waals surface area contributed by atoms with Gasteiger partial charge in [-0.05, 0) is 6.92 Å².